The maximum absolute atomic E-state index is 11.7. The number of aromatic nitrogens is 2. The van der Waals surface area contributed by atoms with Crippen LogP contribution in [0, 0.1) is 0 Å². The first-order valence-electron chi connectivity index (χ1n) is 7.68. The van der Waals surface area contributed by atoms with Crippen LogP contribution < -0.4 is 0 Å². The van der Waals surface area contributed by atoms with Crippen molar-refractivity contribution in [3.05, 3.63) is 59.7 Å². The maximum Gasteiger partial charge on any atom is 0.328 e. The molecule has 0 aliphatic rings. The minimum atomic E-state index is -4.39. The highest BCUT2D eigenvalue weighted by Gasteiger charge is 2.21. The zero-order valence-electron chi connectivity index (χ0n) is 13.9. The highest BCUT2D eigenvalue weighted by molar-refractivity contribution is 7.85. The van der Waals surface area contributed by atoms with Crippen LogP contribution in [-0.4, -0.2) is 22.5 Å². The Balaban J connectivity index is 2.06. The summed E-state index contributed by atoms with van der Waals surface area (Å²) in [5.74, 6) is 0. The van der Waals surface area contributed by atoms with Crippen molar-refractivity contribution >= 4 is 21.2 Å². The van der Waals surface area contributed by atoms with Gasteiger partial charge in [-0.25, -0.2) is 4.98 Å². The van der Waals surface area contributed by atoms with Gasteiger partial charge in [-0.2, -0.15) is 8.42 Å². The van der Waals surface area contributed by atoms with E-state index in [0.717, 1.165) is 5.56 Å². The van der Waals surface area contributed by atoms with Crippen molar-refractivity contribution in [1.29, 1.82) is 0 Å². The van der Waals surface area contributed by atoms with Crippen LogP contribution in [-0.2, 0) is 22.1 Å². The van der Waals surface area contributed by atoms with Crippen LogP contribution in [0.5, 0.6) is 0 Å². The lowest BCUT2D eigenvalue weighted by molar-refractivity contribution is 0.467. The smallest absolute Gasteiger partial charge is 0.308 e. The van der Waals surface area contributed by atoms with Crippen molar-refractivity contribution < 1.29 is 13.0 Å². The van der Waals surface area contributed by atoms with Gasteiger partial charge in [0.05, 0.1) is 17.6 Å². The summed E-state index contributed by atoms with van der Waals surface area (Å²) in [5, 5.41) is -0.330. The number of imidazole rings is 1. The van der Waals surface area contributed by atoms with E-state index in [4.69, 9.17) is 0 Å². The molecule has 0 spiro atoms. The molecule has 0 aliphatic heterocycles. The van der Waals surface area contributed by atoms with Crippen LogP contribution in [0.15, 0.2) is 53.7 Å². The van der Waals surface area contributed by atoms with E-state index in [0.29, 0.717) is 17.6 Å². The van der Waals surface area contributed by atoms with E-state index >= 15 is 0 Å². The number of para-hydroxylation sites is 2. The van der Waals surface area contributed by atoms with E-state index in [-0.39, 0.29) is 10.6 Å². The number of nitrogens with zero attached hydrogens (tertiary/aromatic N) is 2. The fraction of sp³-hybridized carbons (Fsp3) is 0.278. The zero-order chi connectivity index (χ0) is 17.5. The summed E-state index contributed by atoms with van der Waals surface area (Å²) in [6.45, 7) is 6.74. The van der Waals surface area contributed by atoms with Gasteiger partial charge < -0.3 is 4.57 Å². The van der Waals surface area contributed by atoms with E-state index in [2.05, 4.69) is 25.8 Å². The van der Waals surface area contributed by atoms with Crippen molar-refractivity contribution in [2.45, 2.75) is 37.9 Å². The Labute approximate surface area is 141 Å². The molecule has 0 amide bonds. The summed E-state index contributed by atoms with van der Waals surface area (Å²) >= 11 is 0. The molecule has 0 saturated heterocycles. The van der Waals surface area contributed by atoms with Gasteiger partial charge >= 0.3 is 10.1 Å². The first-order valence-corrected chi connectivity index (χ1v) is 9.12. The molecule has 0 atom stereocenters. The van der Waals surface area contributed by atoms with Gasteiger partial charge in [0.2, 0.25) is 0 Å². The number of fused-ring (bicyclic) bond motifs is 1. The Kier molecular flexibility index (Phi) is 3.97. The van der Waals surface area contributed by atoms with E-state index in [1.54, 1.807) is 18.2 Å². The molecule has 2 aromatic carbocycles. The summed E-state index contributed by atoms with van der Waals surface area (Å²) in [4.78, 5) is 4.06. The van der Waals surface area contributed by atoms with Gasteiger partial charge in [0.1, 0.15) is 0 Å². The first-order chi connectivity index (χ1) is 11.2. The molecule has 5 nitrogen and oxygen atoms in total. The molecule has 0 saturated carbocycles. The molecule has 6 heteroatoms. The molecule has 0 fully saturated rings. The van der Waals surface area contributed by atoms with Crippen LogP contribution >= 0.6 is 0 Å². The Hall–Kier alpha value is -2.18. The van der Waals surface area contributed by atoms with Crippen LogP contribution in [0.4, 0.5) is 0 Å². The minimum Gasteiger partial charge on any atom is -0.308 e. The zero-order valence-corrected chi connectivity index (χ0v) is 14.7. The quantitative estimate of drug-likeness (QED) is 0.737. The molecule has 24 heavy (non-hydrogen) atoms. The van der Waals surface area contributed by atoms with Crippen molar-refractivity contribution in [3.8, 4) is 0 Å². The van der Waals surface area contributed by atoms with Gasteiger partial charge in [-0.3, -0.25) is 4.55 Å². The molecule has 1 heterocycles. The number of benzene rings is 2. The molecule has 3 rings (SSSR count). The lowest BCUT2D eigenvalue weighted by Crippen LogP contribution is -2.12. The molecule has 1 N–H and O–H groups in total. The second-order valence-corrected chi connectivity index (χ2v) is 8.21. The van der Waals surface area contributed by atoms with Crippen molar-refractivity contribution in [2.75, 3.05) is 0 Å². The van der Waals surface area contributed by atoms with E-state index in [1.165, 1.54) is 10.1 Å². The summed E-state index contributed by atoms with van der Waals surface area (Å²) in [7, 11) is -4.39. The summed E-state index contributed by atoms with van der Waals surface area (Å²) in [6.07, 6.45) is 0. The lowest BCUT2D eigenvalue weighted by atomic mass is 9.87. The molecule has 126 valence electrons. The van der Waals surface area contributed by atoms with Crippen molar-refractivity contribution in [1.82, 2.24) is 9.55 Å². The average Bonchev–Trinajstić information content (AvgIpc) is 2.86. The fourth-order valence-electron chi connectivity index (χ4n) is 2.70. The van der Waals surface area contributed by atoms with Crippen LogP contribution in [0.1, 0.15) is 31.9 Å². The molecular weight excluding hydrogens is 324 g/mol. The normalized spacial score (nSPS) is 12.7. The Bertz CT molecular complexity index is 981. The van der Waals surface area contributed by atoms with E-state index in [1.807, 2.05) is 30.3 Å². The number of rotatable bonds is 3. The Morgan fingerprint density at radius 3 is 2.25 bits per heavy atom. The van der Waals surface area contributed by atoms with Gasteiger partial charge in [-0.1, -0.05) is 57.2 Å². The maximum atomic E-state index is 11.7. The van der Waals surface area contributed by atoms with E-state index in [9.17, 15) is 13.0 Å². The molecule has 0 bridgehead atoms. The van der Waals surface area contributed by atoms with Crippen LogP contribution in [0.3, 0.4) is 0 Å². The van der Waals surface area contributed by atoms with Crippen LogP contribution in [0.25, 0.3) is 11.0 Å². The topological polar surface area (TPSA) is 72.2 Å². The first kappa shape index (κ1) is 16.7. The molecular formula is C18H20N2O3S. The highest BCUT2D eigenvalue weighted by Crippen LogP contribution is 2.24. The SMILES string of the molecule is CC(C)(C)c1ccc(Cn2c(S(=O)(=O)O)nc3ccccc32)cc1. The van der Waals surface area contributed by atoms with Gasteiger partial charge in [-0.15, -0.1) is 0 Å². The Morgan fingerprint density at radius 1 is 1.04 bits per heavy atom. The van der Waals surface area contributed by atoms with Crippen molar-refractivity contribution in [2.24, 2.45) is 0 Å². The lowest BCUT2D eigenvalue weighted by Gasteiger charge is -2.19. The fourth-order valence-corrected chi connectivity index (χ4v) is 3.35. The predicted octanol–water partition coefficient (Wildman–Crippen LogP) is 3.63. The second kappa shape index (κ2) is 5.72. The molecule has 3 aromatic rings. The van der Waals surface area contributed by atoms with Crippen LogP contribution in [0.2, 0.25) is 0 Å². The van der Waals surface area contributed by atoms with Gasteiger partial charge in [0.15, 0.2) is 0 Å². The van der Waals surface area contributed by atoms with Crippen molar-refractivity contribution in [3.63, 3.8) is 0 Å². The average molecular weight is 344 g/mol. The van der Waals surface area contributed by atoms with Gasteiger partial charge in [0.25, 0.3) is 5.16 Å². The minimum absolute atomic E-state index is 0.0554. The largest absolute Gasteiger partial charge is 0.328 e. The molecule has 1 aromatic heterocycles. The number of hydrogen-bond donors (Lipinski definition) is 1. The third kappa shape index (κ3) is 3.20. The summed E-state index contributed by atoms with van der Waals surface area (Å²) in [5.41, 5.74) is 3.41. The third-order valence-corrected chi connectivity index (χ3v) is 4.78. The summed E-state index contributed by atoms with van der Waals surface area (Å²) in [6, 6.07) is 15.2. The molecule has 0 aliphatic carbocycles. The highest BCUT2D eigenvalue weighted by atomic mass is 32.2. The third-order valence-electron chi connectivity index (χ3n) is 4.01. The van der Waals surface area contributed by atoms with E-state index < -0.39 is 10.1 Å². The van der Waals surface area contributed by atoms with Gasteiger partial charge in [-0.05, 0) is 28.7 Å². The monoisotopic (exact) mass is 344 g/mol. The molecule has 0 unspecified atom stereocenters. The Morgan fingerprint density at radius 2 is 1.67 bits per heavy atom. The number of hydrogen-bond acceptors (Lipinski definition) is 3. The molecule has 0 radical (unpaired) electrons. The summed E-state index contributed by atoms with van der Waals surface area (Å²) < 4.78 is 34.4. The standard InChI is InChI=1S/C18H20N2O3S/c1-18(2,3)14-10-8-13(9-11-14)12-20-16-7-5-4-6-15(16)19-17(20)24(21,22)23/h4-11H,12H2,1-3H3,(H,21,22,23). The predicted molar refractivity (Wildman–Crippen MR) is 93.8 cm³/mol. The van der Waals surface area contributed by atoms with Gasteiger partial charge in [0, 0.05) is 0 Å². The second-order valence-electron chi connectivity index (χ2n) is 6.89.